The number of aryl methyl sites for hydroxylation is 1. The number of hydrogen-bond acceptors (Lipinski definition) is 0. The Morgan fingerprint density at radius 1 is 1.33 bits per heavy atom. The highest BCUT2D eigenvalue weighted by Gasteiger charge is 1.82. The van der Waals surface area contributed by atoms with E-state index in [1.807, 2.05) is 12.1 Å². The van der Waals surface area contributed by atoms with Crippen LogP contribution >= 0.6 is 29.4 Å². The highest BCUT2D eigenvalue weighted by Crippen LogP contribution is 2.09. The highest BCUT2D eigenvalue weighted by atomic mass is 79.9. The van der Waals surface area contributed by atoms with Crippen LogP contribution in [0.25, 0.3) is 0 Å². The van der Waals surface area contributed by atoms with Gasteiger partial charge in [0.25, 0.3) is 0 Å². The molecule has 0 bridgehead atoms. The lowest BCUT2D eigenvalue weighted by atomic mass is 10.2. The van der Waals surface area contributed by atoms with E-state index in [4.69, 9.17) is 0 Å². The van der Waals surface area contributed by atoms with Gasteiger partial charge in [0.2, 0.25) is 0 Å². The minimum absolute atomic E-state index is 0. The van der Waals surface area contributed by atoms with Crippen molar-refractivity contribution in [3.05, 3.63) is 34.3 Å². The average molecular weight is 205 g/mol. The van der Waals surface area contributed by atoms with Crippen LogP contribution in [0.5, 0.6) is 0 Å². The molecule has 0 aliphatic carbocycles. The second-order valence-corrected chi connectivity index (χ2v) is 2.71. The van der Waals surface area contributed by atoms with E-state index in [1.165, 1.54) is 5.56 Å². The van der Waals surface area contributed by atoms with Gasteiger partial charge in [-0.3, -0.25) is 0 Å². The fraction of sp³-hybridized carbons (Fsp3) is 0.143. The van der Waals surface area contributed by atoms with Crippen molar-refractivity contribution >= 4 is 29.4 Å². The first-order valence-electron chi connectivity index (χ1n) is 2.51. The lowest BCUT2D eigenvalue weighted by molar-refractivity contribution is 1.45. The Hall–Kier alpha value is 0.0500. The van der Waals surface area contributed by atoms with Crippen LogP contribution in [0, 0.1) is 6.92 Å². The molecule has 0 amide bonds. The van der Waals surface area contributed by atoms with Crippen LogP contribution in [0.3, 0.4) is 0 Å². The maximum absolute atomic E-state index is 3.36. The lowest BCUT2D eigenvalue weighted by Crippen LogP contribution is -1.67. The van der Waals surface area contributed by atoms with E-state index >= 15 is 0 Å². The molecule has 0 aliphatic rings. The predicted octanol–water partition coefficient (Wildman–Crippen LogP) is 2.87. The van der Waals surface area contributed by atoms with Gasteiger partial charge in [0, 0.05) is 4.47 Å². The van der Waals surface area contributed by atoms with Gasteiger partial charge >= 0.3 is 0 Å². The molecule has 1 aromatic carbocycles. The maximum atomic E-state index is 3.36. The fourth-order valence-electron chi connectivity index (χ4n) is 0.606. The van der Waals surface area contributed by atoms with Gasteiger partial charge < -0.3 is 0 Å². The van der Waals surface area contributed by atoms with Crippen molar-refractivity contribution < 1.29 is 0 Å². The van der Waals surface area contributed by atoms with Gasteiger partial charge in [-0.2, -0.15) is 13.5 Å². The van der Waals surface area contributed by atoms with Crippen molar-refractivity contribution in [3.8, 4) is 0 Å². The minimum Gasteiger partial charge on any atom is -0.197 e. The molecule has 0 nitrogen and oxygen atoms in total. The second-order valence-electron chi connectivity index (χ2n) is 1.80. The van der Waals surface area contributed by atoms with Gasteiger partial charge in [0.05, 0.1) is 0 Å². The van der Waals surface area contributed by atoms with Crippen LogP contribution < -0.4 is 0 Å². The number of hydrogen-bond donors (Lipinski definition) is 0. The Labute approximate surface area is 70.9 Å². The van der Waals surface area contributed by atoms with E-state index in [9.17, 15) is 0 Å². The largest absolute Gasteiger partial charge is 0.197 e. The number of halogens is 1. The van der Waals surface area contributed by atoms with E-state index in [2.05, 4.69) is 35.0 Å². The van der Waals surface area contributed by atoms with Gasteiger partial charge in [-0.1, -0.05) is 33.6 Å². The monoisotopic (exact) mass is 204 g/mol. The zero-order valence-electron chi connectivity index (χ0n) is 5.19. The van der Waals surface area contributed by atoms with Crippen LogP contribution in [-0.2, 0) is 0 Å². The summed E-state index contributed by atoms with van der Waals surface area (Å²) in [4.78, 5) is 0. The fourth-order valence-corrected chi connectivity index (χ4v) is 1.12. The van der Waals surface area contributed by atoms with Crippen molar-refractivity contribution in [1.29, 1.82) is 0 Å². The summed E-state index contributed by atoms with van der Waals surface area (Å²) >= 11 is 3.36. The maximum Gasteiger partial charge on any atom is 0.0177 e. The first-order chi connectivity index (χ1) is 3.79. The predicted molar refractivity (Wildman–Crippen MR) is 49.3 cm³/mol. The summed E-state index contributed by atoms with van der Waals surface area (Å²) in [7, 11) is 0. The summed E-state index contributed by atoms with van der Waals surface area (Å²) in [6, 6.07) is 8.21. The normalized spacial score (nSPS) is 8.22. The third kappa shape index (κ3) is 2.92. The molecule has 0 fully saturated rings. The van der Waals surface area contributed by atoms with Gasteiger partial charge in [-0.15, -0.1) is 0 Å². The quantitative estimate of drug-likeness (QED) is 0.610. The highest BCUT2D eigenvalue weighted by molar-refractivity contribution is 9.10. The molecule has 0 heterocycles. The summed E-state index contributed by atoms with van der Waals surface area (Å²) < 4.78 is 1.15. The molecular weight excluding hydrogens is 196 g/mol. The van der Waals surface area contributed by atoms with Crippen molar-refractivity contribution in [2.24, 2.45) is 0 Å². The molecule has 0 N–H and O–H groups in total. The number of rotatable bonds is 0. The number of benzene rings is 1. The Bertz CT molecular complexity index is 169. The smallest absolute Gasteiger partial charge is 0.0177 e. The molecule has 0 saturated carbocycles. The molecule has 9 heavy (non-hydrogen) atoms. The summed E-state index contributed by atoms with van der Waals surface area (Å²) in [6.07, 6.45) is 0. The van der Waals surface area contributed by atoms with E-state index in [0.29, 0.717) is 0 Å². The van der Waals surface area contributed by atoms with Crippen molar-refractivity contribution in [2.45, 2.75) is 6.92 Å². The summed E-state index contributed by atoms with van der Waals surface area (Å²) in [5.74, 6) is 0. The standard InChI is InChI=1S/C7H7Br.H2S/c1-6-3-2-4-7(8)5-6;/h2-5H,1H3;1H2. The van der Waals surface area contributed by atoms with Gasteiger partial charge in [-0.25, -0.2) is 0 Å². The molecule has 0 unspecified atom stereocenters. The minimum atomic E-state index is 0. The molecule has 2 heteroatoms. The molecule has 0 aromatic heterocycles. The van der Waals surface area contributed by atoms with Gasteiger partial charge in [0.1, 0.15) is 0 Å². The first-order valence-corrected chi connectivity index (χ1v) is 3.30. The summed E-state index contributed by atoms with van der Waals surface area (Å²) in [5.41, 5.74) is 1.29. The van der Waals surface area contributed by atoms with Crippen LogP contribution in [-0.4, -0.2) is 0 Å². The van der Waals surface area contributed by atoms with E-state index in [1.54, 1.807) is 0 Å². The van der Waals surface area contributed by atoms with Crippen molar-refractivity contribution in [3.63, 3.8) is 0 Å². The molecule has 0 spiro atoms. The van der Waals surface area contributed by atoms with E-state index < -0.39 is 0 Å². The van der Waals surface area contributed by atoms with Crippen molar-refractivity contribution in [2.75, 3.05) is 0 Å². The third-order valence-corrected chi connectivity index (χ3v) is 1.47. The molecule has 50 valence electrons. The van der Waals surface area contributed by atoms with E-state index in [0.717, 1.165) is 4.47 Å². The van der Waals surface area contributed by atoms with Crippen LogP contribution in [0.1, 0.15) is 5.56 Å². The van der Waals surface area contributed by atoms with Gasteiger partial charge in [-0.05, 0) is 19.1 Å². The Morgan fingerprint density at radius 2 is 2.00 bits per heavy atom. The molecule has 0 aliphatic heterocycles. The van der Waals surface area contributed by atoms with Crippen LogP contribution in [0.2, 0.25) is 0 Å². The molecule has 0 saturated heterocycles. The van der Waals surface area contributed by atoms with Crippen LogP contribution in [0.15, 0.2) is 28.7 Å². The summed E-state index contributed by atoms with van der Waals surface area (Å²) in [6.45, 7) is 2.07. The Balaban J connectivity index is 0.000000640. The zero-order chi connectivity index (χ0) is 5.98. The van der Waals surface area contributed by atoms with Crippen molar-refractivity contribution in [1.82, 2.24) is 0 Å². The SMILES string of the molecule is Cc1cccc(Br)c1.S. The lowest BCUT2D eigenvalue weighted by Gasteiger charge is -1.89. The first kappa shape index (κ1) is 9.05. The molecule has 0 atom stereocenters. The zero-order valence-corrected chi connectivity index (χ0v) is 7.77. The Kier molecular flexibility index (Phi) is 3.98. The molecular formula is C7H9BrS. The second kappa shape index (κ2) is 3.96. The molecule has 0 radical (unpaired) electrons. The summed E-state index contributed by atoms with van der Waals surface area (Å²) in [5, 5.41) is 0. The third-order valence-electron chi connectivity index (χ3n) is 0.980. The average Bonchev–Trinajstić information content (AvgIpc) is 1.64. The Morgan fingerprint density at radius 3 is 2.33 bits per heavy atom. The molecule has 1 aromatic rings. The topological polar surface area (TPSA) is 0 Å². The molecule has 1 rings (SSSR count). The van der Waals surface area contributed by atoms with E-state index in [-0.39, 0.29) is 13.5 Å². The van der Waals surface area contributed by atoms with Crippen LogP contribution in [0.4, 0.5) is 0 Å². The van der Waals surface area contributed by atoms with Gasteiger partial charge in [0.15, 0.2) is 0 Å².